The van der Waals surface area contributed by atoms with Gasteiger partial charge in [0.25, 0.3) is 0 Å². The van der Waals surface area contributed by atoms with Gasteiger partial charge in [-0.25, -0.2) is 14.6 Å². The summed E-state index contributed by atoms with van der Waals surface area (Å²) in [6, 6.07) is 4.08. The van der Waals surface area contributed by atoms with Crippen molar-refractivity contribution in [2.75, 3.05) is 5.32 Å². The van der Waals surface area contributed by atoms with E-state index in [0.29, 0.717) is 4.47 Å². The van der Waals surface area contributed by atoms with E-state index in [2.05, 4.69) is 31.5 Å². The summed E-state index contributed by atoms with van der Waals surface area (Å²) < 4.78 is 0.679. The van der Waals surface area contributed by atoms with Crippen molar-refractivity contribution in [3.05, 3.63) is 44.3 Å². The summed E-state index contributed by atoms with van der Waals surface area (Å²) in [5.41, 5.74) is 1.02. The van der Waals surface area contributed by atoms with Crippen molar-refractivity contribution < 1.29 is 14.7 Å². The normalized spacial score (nSPS) is 10.2. The number of urea groups is 1. The second-order valence-electron chi connectivity index (χ2n) is 4.16. The second-order valence-corrected chi connectivity index (χ2v) is 6.14. The highest BCUT2D eigenvalue weighted by molar-refractivity contribution is 9.10. The number of aromatic carboxylic acids is 1. The van der Waals surface area contributed by atoms with Crippen molar-refractivity contribution in [3.63, 3.8) is 0 Å². The molecule has 0 saturated heterocycles. The molecule has 21 heavy (non-hydrogen) atoms. The molecular formula is C13H12BrN3O3S. The number of carboxylic acids is 1. The van der Waals surface area contributed by atoms with E-state index in [4.69, 9.17) is 5.11 Å². The molecule has 8 heteroatoms. The molecule has 1 aromatic heterocycles. The summed E-state index contributed by atoms with van der Waals surface area (Å²) in [5.74, 6) is -1.10. The summed E-state index contributed by atoms with van der Waals surface area (Å²) in [5, 5.41) is 17.0. The van der Waals surface area contributed by atoms with Crippen LogP contribution in [0.5, 0.6) is 0 Å². The van der Waals surface area contributed by atoms with E-state index in [1.807, 2.05) is 12.3 Å². The van der Waals surface area contributed by atoms with Crippen LogP contribution in [0.4, 0.5) is 10.5 Å². The molecule has 1 aromatic carbocycles. The standard InChI is InChI=1S/C13H12BrN3O3S/c1-7-16-9(6-21-7)5-15-13(20)17-11-4-8(14)2-3-10(11)12(18)19/h2-4,6H,5H2,1H3,(H,18,19)(H2,15,17,20). The number of aromatic nitrogens is 1. The first-order chi connectivity index (χ1) is 9.95. The van der Waals surface area contributed by atoms with E-state index in [9.17, 15) is 9.59 Å². The first-order valence-electron chi connectivity index (χ1n) is 5.94. The quantitative estimate of drug-likeness (QED) is 0.771. The third-order valence-electron chi connectivity index (χ3n) is 2.56. The molecule has 0 fully saturated rings. The summed E-state index contributed by atoms with van der Waals surface area (Å²) in [6.07, 6.45) is 0. The Hall–Kier alpha value is -1.93. The molecule has 110 valence electrons. The highest BCUT2D eigenvalue weighted by atomic mass is 79.9. The third kappa shape index (κ3) is 4.27. The maximum atomic E-state index is 11.8. The third-order valence-corrected chi connectivity index (χ3v) is 3.87. The lowest BCUT2D eigenvalue weighted by Crippen LogP contribution is -2.29. The van der Waals surface area contributed by atoms with E-state index in [-0.39, 0.29) is 17.8 Å². The van der Waals surface area contributed by atoms with Crippen LogP contribution in [0.15, 0.2) is 28.1 Å². The van der Waals surface area contributed by atoms with Gasteiger partial charge in [0.15, 0.2) is 0 Å². The fourth-order valence-corrected chi connectivity index (χ4v) is 2.61. The number of hydrogen-bond acceptors (Lipinski definition) is 4. The van der Waals surface area contributed by atoms with Crippen LogP contribution >= 0.6 is 27.3 Å². The Labute approximate surface area is 133 Å². The van der Waals surface area contributed by atoms with Gasteiger partial charge in [0.05, 0.1) is 28.5 Å². The average Bonchev–Trinajstić information content (AvgIpc) is 2.82. The smallest absolute Gasteiger partial charge is 0.337 e. The Morgan fingerprint density at radius 1 is 1.43 bits per heavy atom. The minimum Gasteiger partial charge on any atom is -0.478 e. The predicted molar refractivity (Wildman–Crippen MR) is 83.8 cm³/mol. The number of halogens is 1. The van der Waals surface area contributed by atoms with E-state index in [1.165, 1.54) is 23.5 Å². The second kappa shape index (κ2) is 6.68. The Balaban J connectivity index is 2.02. The predicted octanol–water partition coefficient (Wildman–Crippen LogP) is 3.23. The number of amides is 2. The minimum absolute atomic E-state index is 0.0258. The zero-order valence-electron chi connectivity index (χ0n) is 11.0. The molecule has 0 unspecified atom stereocenters. The number of aryl methyl sites for hydroxylation is 1. The van der Waals surface area contributed by atoms with E-state index in [1.54, 1.807) is 6.07 Å². The number of rotatable bonds is 4. The van der Waals surface area contributed by atoms with Crippen LogP contribution in [0, 0.1) is 6.92 Å². The lowest BCUT2D eigenvalue weighted by molar-refractivity contribution is 0.0698. The van der Waals surface area contributed by atoms with Crippen molar-refractivity contribution >= 4 is 45.0 Å². The molecule has 2 rings (SSSR count). The highest BCUT2D eigenvalue weighted by Gasteiger charge is 2.13. The van der Waals surface area contributed by atoms with E-state index in [0.717, 1.165) is 10.7 Å². The lowest BCUT2D eigenvalue weighted by Gasteiger charge is -2.09. The number of nitrogens with zero attached hydrogens (tertiary/aromatic N) is 1. The van der Waals surface area contributed by atoms with Crippen molar-refractivity contribution in [3.8, 4) is 0 Å². The maximum Gasteiger partial charge on any atom is 0.337 e. The van der Waals surface area contributed by atoms with Gasteiger partial charge in [-0.1, -0.05) is 15.9 Å². The van der Waals surface area contributed by atoms with Crippen LogP contribution in [-0.4, -0.2) is 22.1 Å². The molecule has 3 N–H and O–H groups in total. The first kappa shape index (κ1) is 15.5. The number of benzene rings is 1. The lowest BCUT2D eigenvalue weighted by atomic mass is 10.2. The van der Waals surface area contributed by atoms with Crippen LogP contribution < -0.4 is 10.6 Å². The summed E-state index contributed by atoms with van der Waals surface area (Å²) >= 11 is 4.74. The van der Waals surface area contributed by atoms with Gasteiger partial charge >= 0.3 is 12.0 Å². The van der Waals surface area contributed by atoms with Gasteiger partial charge in [-0.05, 0) is 25.1 Å². The van der Waals surface area contributed by atoms with Crippen LogP contribution in [0.1, 0.15) is 21.1 Å². The molecule has 0 spiro atoms. The van der Waals surface area contributed by atoms with Crippen molar-refractivity contribution in [1.82, 2.24) is 10.3 Å². The molecule has 0 atom stereocenters. The molecule has 2 aromatic rings. The Kier molecular flexibility index (Phi) is 4.92. The van der Waals surface area contributed by atoms with Gasteiger partial charge in [0.2, 0.25) is 0 Å². The fraction of sp³-hybridized carbons (Fsp3) is 0.154. The monoisotopic (exact) mass is 369 g/mol. The van der Waals surface area contributed by atoms with Crippen LogP contribution in [0.2, 0.25) is 0 Å². The summed E-state index contributed by atoms with van der Waals surface area (Å²) in [4.78, 5) is 27.1. The summed E-state index contributed by atoms with van der Waals surface area (Å²) in [6.45, 7) is 2.17. The first-order valence-corrected chi connectivity index (χ1v) is 7.61. The number of nitrogens with one attached hydrogen (secondary N) is 2. The SMILES string of the molecule is Cc1nc(CNC(=O)Nc2cc(Br)ccc2C(=O)O)cs1. The molecule has 0 saturated carbocycles. The molecule has 0 radical (unpaired) electrons. The van der Waals surface area contributed by atoms with Gasteiger partial charge in [0, 0.05) is 9.85 Å². The number of carbonyl (C=O) groups excluding carboxylic acids is 1. The Bertz CT molecular complexity index is 687. The van der Waals surface area contributed by atoms with Gasteiger partial charge in [-0.3, -0.25) is 0 Å². The fourth-order valence-electron chi connectivity index (χ4n) is 1.63. The average molecular weight is 370 g/mol. The largest absolute Gasteiger partial charge is 0.478 e. The highest BCUT2D eigenvalue weighted by Crippen LogP contribution is 2.21. The van der Waals surface area contributed by atoms with E-state index < -0.39 is 12.0 Å². The minimum atomic E-state index is -1.10. The molecule has 1 heterocycles. The molecular weight excluding hydrogens is 358 g/mol. The van der Waals surface area contributed by atoms with Gasteiger partial charge < -0.3 is 15.7 Å². The summed E-state index contributed by atoms with van der Waals surface area (Å²) in [7, 11) is 0. The molecule has 0 aliphatic heterocycles. The van der Waals surface area contributed by atoms with Gasteiger partial charge in [-0.2, -0.15) is 0 Å². The van der Waals surface area contributed by atoms with Crippen molar-refractivity contribution in [2.45, 2.75) is 13.5 Å². The van der Waals surface area contributed by atoms with Crippen molar-refractivity contribution in [2.24, 2.45) is 0 Å². The van der Waals surface area contributed by atoms with Gasteiger partial charge in [0.1, 0.15) is 0 Å². The number of anilines is 1. The topological polar surface area (TPSA) is 91.3 Å². The molecule has 0 aliphatic carbocycles. The van der Waals surface area contributed by atoms with Gasteiger partial charge in [-0.15, -0.1) is 11.3 Å². The Morgan fingerprint density at radius 2 is 2.19 bits per heavy atom. The molecule has 0 bridgehead atoms. The zero-order valence-corrected chi connectivity index (χ0v) is 13.4. The number of carbonyl (C=O) groups is 2. The van der Waals surface area contributed by atoms with Crippen LogP contribution in [-0.2, 0) is 6.54 Å². The molecule has 6 nitrogen and oxygen atoms in total. The van der Waals surface area contributed by atoms with Crippen LogP contribution in [0.25, 0.3) is 0 Å². The number of hydrogen-bond donors (Lipinski definition) is 3. The molecule has 0 aliphatic rings. The number of thiazole rings is 1. The van der Waals surface area contributed by atoms with Crippen molar-refractivity contribution in [1.29, 1.82) is 0 Å². The number of carboxylic acid groups (broad SMARTS) is 1. The zero-order chi connectivity index (χ0) is 15.4. The Morgan fingerprint density at radius 3 is 2.81 bits per heavy atom. The van der Waals surface area contributed by atoms with E-state index >= 15 is 0 Å². The molecule has 2 amide bonds. The maximum absolute atomic E-state index is 11.8. The van der Waals surface area contributed by atoms with Crippen LogP contribution in [0.3, 0.4) is 0 Å².